The molecular weight excluding hydrogens is 334 g/mol. The van der Waals surface area contributed by atoms with Crippen molar-refractivity contribution < 1.29 is 18.4 Å². The maximum atomic E-state index is 12.7. The zero-order chi connectivity index (χ0) is 18.1. The van der Waals surface area contributed by atoms with Gasteiger partial charge in [0.25, 0.3) is 5.91 Å². The Morgan fingerprint density at radius 2 is 1.88 bits per heavy atom. The second kappa shape index (κ2) is 6.71. The number of carbonyl (C=O) groups is 1. The normalized spacial score (nSPS) is 15.3. The third-order valence-corrected chi connectivity index (χ3v) is 4.54. The van der Waals surface area contributed by atoms with Gasteiger partial charge in [-0.15, -0.1) is 0 Å². The summed E-state index contributed by atoms with van der Waals surface area (Å²) in [5.41, 5.74) is 0.296. The number of hydrogen-bond donors (Lipinski definition) is 0. The molecule has 0 atom stereocenters. The van der Waals surface area contributed by atoms with Crippen LogP contribution < -0.4 is 10.4 Å². The van der Waals surface area contributed by atoms with Crippen LogP contribution in [0, 0.1) is 6.92 Å². The number of hydrogen-bond acceptors (Lipinski definition) is 5. The highest BCUT2D eigenvalue weighted by molar-refractivity contribution is 5.96. The minimum absolute atomic E-state index is 0.0316. The first-order valence-electron chi connectivity index (χ1n) is 8.65. The maximum Gasteiger partial charge on any atom is 0.339 e. The third-order valence-electron chi connectivity index (χ3n) is 4.54. The Hall–Kier alpha value is -3.02. The summed E-state index contributed by atoms with van der Waals surface area (Å²) >= 11 is 0. The highest BCUT2D eigenvalue weighted by Crippen LogP contribution is 2.23. The van der Waals surface area contributed by atoms with E-state index in [-0.39, 0.29) is 12.0 Å². The molecule has 6 nitrogen and oxygen atoms in total. The Morgan fingerprint density at radius 1 is 1.12 bits per heavy atom. The number of amides is 1. The fraction of sp³-hybridized carbons (Fsp3) is 0.300. The molecule has 0 radical (unpaired) electrons. The van der Waals surface area contributed by atoms with Gasteiger partial charge in [-0.1, -0.05) is 18.2 Å². The van der Waals surface area contributed by atoms with E-state index in [4.69, 9.17) is 13.6 Å². The number of benzene rings is 1. The van der Waals surface area contributed by atoms with Gasteiger partial charge in [-0.25, -0.2) is 4.79 Å². The van der Waals surface area contributed by atoms with Gasteiger partial charge in [0.2, 0.25) is 0 Å². The molecule has 6 heteroatoms. The molecule has 2 aromatic heterocycles. The number of furan rings is 1. The van der Waals surface area contributed by atoms with Gasteiger partial charge in [-0.2, -0.15) is 0 Å². The third kappa shape index (κ3) is 3.35. The number of rotatable bonds is 3. The Labute approximate surface area is 150 Å². The van der Waals surface area contributed by atoms with Gasteiger partial charge in [-0.05, 0) is 19.1 Å². The fourth-order valence-corrected chi connectivity index (χ4v) is 3.26. The summed E-state index contributed by atoms with van der Waals surface area (Å²) < 4.78 is 16.5. The molecular formula is C20H19NO5. The first-order chi connectivity index (χ1) is 12.6. The predicted octanol–water partition coefficient (Wildman–Crippen LogP) is 3.38. The molecule has 0 unspecified atom stereocenters. The van der Waals surface area contributed by atoms with Crippen LogP contribution in [0.3, 0.4) is 0 Å². The number of fused-ring (bicyclic) bond motifs is 1. The predicted molar refractivity (Wildman–Crippen MR) is 95.5 cm³/mol. The molecule has 134 valence electrons. The van der Waals surface area contributed by atoms with Crippen LogP contribution in [-0.2, 0) is 0 Å². The van der Waals surface area contributed by atoms with Gasteiger partial charge in [0, 0.05) is 37.4 Å². The molecule has 0 aliphatic carbocycles. The van der Waals surface area contributed by atoms with Crippen molar-refractivity contribution in [1.82, 2.24) is 4.90 Å². The van der Waals surface area contributed by atoms with Gasteiger partial charge in [-0.3, -0.25) is 4.79 Å². The topological polar surface area (TPSA) is 72.9 Å². The first kappa shape index (κ1) is 16.4. The second-order valence-corrected chi connectivity index (χ2v) is 6.48. The van der Waals surface area contributed by atoms with Crippen LogP contribution in [0.5, 0.6) is 5.75 Å². The molecule has 1 fully saturated rings. The summed E-state index contributed by atoms with van der Waals surface area (Å²) in [5, 5.41) is 0.923. The smallest absolute Gasteiger partial charge is 0.339 e. The first-order valence-corrected chi connectivity index (χ1v) is 8.65. The van der Waals surface area contributed by atoms with Crippen molar-refractivity contribution in [2.45, 2.75) is 25.9 Å². The lowest BCUT2D eigenvalue weighted by Gasteiger charge is -2.31. The lowest BCUT2D eigenvalue weighted by molar-refractivity contribution is 0.0568. The average molecular weight is 353 g/mol. The van der Waals surface area contributed by atoms with E-state index in [0.29, 0.717) is 48.8 Å². The Morgan fingerprint density at radius 3 is 2.62 bits per heavy atom. The molecule has 1 aliphatic rings. The molecule has 26 heavy (non-hydrogen) atoms. The van der Waals surface area contributed by atoms with E-state index in [0.717, 1.165) is 5.39 Å². The molecule has 0 spiro atoms. The van der Waals surface area contributed by atoms with Crippen molar-refractivity contribution >= 4 is 16.9 Å². The monoisotopic (exact) mass is 353 g/mol. The fourth-order valence-electron chi connectivity index (χ4n) is 3.26. The summed E-state index contributed by atoms with van der Waals surface area (Å²) in [6, 6.07) is 12.4. The molecule has 0 saturated carbocycles. The van der Waals surface area contributed by atoms with Crippen molar-refractivity contribution in [3.8, 4) is 5.75 Å². The molecule has 4 rings (SSSR count). The van der Waals surface area contributed by atoms with E-state index in [1.165, 1.54) is 6.07 Å². The molecule has 1 saturated heterocycles. The standard InChI is InChI=1S/C20H19NO5/c1-13-10-16(12-19(22)24-13)25-15-6-8-21(9-7-15)20(23)18-11-14-4-2-3-5-17(14)26-18/h2-5,10-12,15H,6-9H2,1H3. The van der Waals surface area contributed by atoms with Crippen LogP contribution in [0.25, 0.3) is 11.0 Å². The lowest BCUT2D eigenvalue weighted by Crippen LogP contribution is -2.41. The summed E-state index contributed by atoms with van der Waals surface area (Å²) in [5.74, 6) is 1.29. The van der Waals surface area contributed by atoms with Crippen LogP contribution >= 0.6 is 0 Å². The van der Waals surface area contributed by atoms with Gasteiger partial charge >= 0.3 is 5.63 Å². The summed E-state index contributed by atoms with van der Waals surface area (Å²) in [7, 11) is 0. The van der Waals surface area contributed by atoms with E-state index in [2.05, 4.69) is 0 Å². The van der Waals surface area contributed by atoms with Crippen LogP contribution in [0.15, 0.2) is 56.1 Å². The lowest BCUT2D eigenvalue weighted by atomic mass is 10.1. The Bertz CT molecular complexity index is 962. The highest BCUT2D eigenvalue weighted by Gasteiger charge is 2.26. The van der Waals surface area contributed by atoms with Crippen molar-refractivity contribution in [2.24, 2.45) is 0 Å². The number of nitrogens with zero attached hydrogens (tertiary/aromatic N) is 1. The number of ether oxygens (including phenoxy) is 1. The quantitative estimate of drug-likeness (QED) is 0.722. The molecule has 1 aliphatic heterocycles. The van der Waals surface area contributed by atoms with Crippen LogP contribution in [0.4, 0.5) is 0 Å². The van der Waals surface area contributed by atoms with Gasteiger partial charge in [0.15, 0.2) is 5.76 Å². The Balaban J connectivity index is 1.39. The number of para-hydroxylation sites is 1. The van der Waals surface area contributed by atoms with Gasteiger partial charge in [0.1, 0.15) is 23.2 Å². The summed E-state index contributed by atoms with van der Waals surface area (Å²) in [6.45, 7) is 2.88. The molecule has 1 aromatic carbocycles. The van der Waals surface area contributed by atoms with E-state index >= 15 is 0 Å². The van der Waals surface area contributed by atoms with Crippen molar-refractivity contribution in [2.75, 3.05) is 13.1 Å². The molecule has 0 bridgehead atoms. The van der Waals surface area contributed by atoms with E-state index in [1.807, 2.05) is 24.3 Å². The number of aryl methyl sites for hydroxylation is 1. The average Bonchev–Trinajstić information content (AvgIpc) is 3.05. The summed E-state index contributed by atoms with van der Waals surface area (Å²) in [4.78, 5) is 25.9. The summed E-state index contributed by atoms with van der Waals surface area (Å²) in [6.07, 6.45) is 1.37. The van der Waals surface area contributed by atoms with Crippen molar-refractivity contribution in [3.63, 3.8) is 0 Å². The van der Waals surface area contributed by atoms with Gasteiger partial charge in [0.05, 0.1) is 6.07 Å². The SMILES string of the molecule is Cc1cc(OC2CCN(C(=O)c3cc4ccccc4o3)CC2)cc(=O)o1. The van der Waals surface area contributed by atoms with Crippen LogP contribution in [-0.4, -0.2) is 30.0 Å². The Kier molecular flexibility index (Phi) is 4.24. The number of carbonyl (C=O) groups excluding carboxylic acids is 1. The molecule has 3 heterocycles. The molecule has 1 amide bonds. The minimum atomic E-state index is -0.419. The maximum absolute atomic E-state index is 12.7. The van der Waals surface area contributed by atoms with Crippen molar-refractivity contribution in [3.05, 3.63) is 64.4 Å². The molecule has 3 aromatic rings. The zero-order valence-electron chi connectivity index (χ0n) is 14.4. The largest absolute Gasteiger partial charge is 0.490 e. The van der Waals surface area contributed by atoms with Crippen LogP contribution in [0.1, 0.15) is 29.2 Å². The minimum Gasteiger partial charge on any atom is -0.490 e. The van der Waals surface area contributed by atoms with E-state index < -0.39 is 5.63 Å². The highest BCUT2D eigenvalue weighted by atomic mass is 16.5. The zero-order valence-corrected chi connectivity index (χ0v) is 14.4. The number of likely N-dealkylation sites (tertiary alicyclic amines) is 1. The van der Waals surface area contributed by atoms with Crippen LogP contribution in [0.2, 0.25) is 0 Å². The van der Waals surface area contributed by atoms with E-state index in [1.54, 1.807) is 24.0 Å². The van der Waals surface area contributed by atoms with E-state index in [9.17, 15) is 9.59 Å². The number of piperidine rings is 1. The molecule has 0 N–H and O–H groups in total. The second-order valence-electron chi connectivity index (χ2n) is 6.48. The van der Waals surface area contributed by atoms with Gasteiger partial charge < -0.3 is 18.5 Å². The van der Waals surface area contributed by atoms with Crippen molar-refractivity contribution in [1.29, 1.82) is 0 Å².